The van der Waals surface area contributed by atoms with Crippen molar-refractivity contribution in [2.75, 3.05) is 0 Å². The minimum absolute atomic E-state index is 0.602. The van der Waals surface area contributed by atoms with Crippen molar-refractivity contribution >= 4 is 10.9 Å². The topological polar surface area (TPSA) is 28.7 Å². The number of aryl methyl sites for hydroxylation is 2. The Balaban J connectivity index is 2.15. The van der Waals surface area contributed by atoms with Gasteiger partial charge in [-0.3, -0.25) is 0 Å². The molecule has 1 aliphatic carbocycles. The molecule has 0 fully saturated rings. The second-order valence-electron chi connectivity index (χ2n) is 5.42. The Morgan fingerprint density at radius 1 is 1.05 bits per heavy atom. The van der Waals surface area contributed by atoms with E-state index >= 15 is 0 Å². The van der Waals surface area contributed by atoms with Crippen molar-refractivity contribution in [1.82, 2.24) is 4.57 Å². The van der Waals surface area contributed by atoms with Crippen LogP contribution in [0.2, 0.25) is 0 Å². The molecule has 0 atom stereocenters. The van der Waals surface area contributed by atoms with Gasteiger partial charge < -0.3 is 4.57 Å². The second kappa shape index (κ2) is 5.48. The van der Waals surface area contributed by atoms with Crippen LogP contribution < -0.4 is 0 Å². The van der Waals surface area contributed by atoms with E-state index in [1.807, 2.05) is 0 Å². The molecule has 2 nitrogen and oxygen atoms in total. The summed E-state index contributed by atoms with van der Waals surface area (Å²) in [7, 11) is 0. The van der Waals surface area contributed by atoms with E-state index in [1.54, 1.807) is 5.56 Å². The average Bonchev–Trinajstić information content (AvgIpc) is 2.69. The van der Waals surface area contributed by atoms with Gasteiger partial charge in [-0.15, -0.1) is 0 Å². The van der Waals surface area contributed by atoms with Gasteiger partial charge in [0.25, 0.3) is 0 Å². The minimum atomic E-state index is 0.602. The Bertz CT molecular complexity index is 616. The van der Waals surface area contributed by atoms with Gasteiger partial charge in [0.15, 0.2) is 0 Å². The Labute approximate surface area is 114 Å². The summed E-state index contributed by atoms with van der Waals surface area (Å²) in [6.07, 6.45) is 8.28. The van der Waals surface area contributed by atoms with Gasteiger partial charge in [0, 0.05) is 23.1 Å². The van der Waals surface area contributed by atoms with Crippen LogP contribution in [-0.4, -0.2) is 4.57 Å². The van der Waals surface area contributed by atoms with E-state index in [4.69, 9.17) is 5.26 Å². The third kappa shape index (κ3) is 2.26. The molecule has 0 bridgehead atoms. The summed E-state index contributed by atoms with van der Waals surface area (Å²) in [5, 5.41) is 10.3. The van der Waals surface area contributed by atoms with Crippen molar-refractivity contribution in [3.05, 3.63) is 35.5 Å². The van der Waals surface area contributed by atoms with Crippen LogP contribution in [-0.2, 0) is 19.4 Å². The summed E-state index contributed by atoms with van der Waals surface area (Å²) in [5.41, 5.74) is 4.37. The van der Waals surface area contributed by atoms with Crippen LogP contribution in [0.15, 0.2) is 24.3 Å². The molecule has 19 heavy (non-hydrogen) atoms. The fourth-order valence-electron chi connectivity index (χ4n) is 3.36. The minimum Gasteiger partial charge on any atom is -0.343 e. The van der Waals surface area contributed by atoms with Crippen molar-refractivity contribution in [2.45, 2.75) is 51.5 Å². The number of nitriles is 1. The van der Waals surface area contributed by atoms with Crippen LogP contribution >= 0.6 is 0 Å². The van der Waals surface area contributed by atoms with E-state index in [1.165, 1.54) is 55.1 Å². The Morgan fingerprint density at radius 2 is 1.84 bits per heavy atom. The van der Waals surface area contributed by atoms with E-state index in [9.17, 15) is 0 Å². The number of fused-ring (bicyclic) bond motifs is 3. The van der Waals surface area contributed by atoms with E-state index in [-0.39, 0.29) is 0 Å². The fraction of sp³-hybridized carbons (Fsp3) is 0.471. The van der Waals surface area contributed by atoms with Crippen molar-refractivity contribution in [2.24, 2.45) is 0 Å². The first kappa shape index (κ1) is 12.3. The second-order valence-corrected chi connectivity index (χ2v) is 5.42. The van der Waals surface area contributed by atoms with Gasteiger partial charge in [0.1, 0.15) is 0 Å². The summed E-state index contributed by atoms with van der Waals surface area (Å²) in [5.74, 6) is 0. The zero-order valence-corrected chi connectivity index (χ0v) is 11.4. The largest absolute Gasteiger partial charge is 0.343 e. The molecule has 2 heteroatoms. The molecular formula is C17H20N2. The first-order valence-corrected chi connectivity index (χ1v) is 7.38. The standard InChI is InChI=1S/C17H20N2/c18-12-7-13-19-16-10-4-2-1-3-8-14(16)15-9-5-6-11-17(15)19/h5-6,9,11H,1-4,7-8,10,13H2. The van der Waals surface area contributed by atoms with Gasteiger partial charge >= 0.3 is 0 Å². The number of aromatic nitrogens is 1. The lowest BCUT2D eigenvalue weighted by Crippen LogP contribution is -2.06. The van der Waals surface area contributed by atoms with Crippen LogP contribution in [0.1, 0.15) is 43.4 Å². The summed E-state index contributed by atoms with van der Waals surface area (Å²) in [6.45, 7) is 0.840. The molecule has 98 valence electrons. The lowest BCUT2D eigenvalue weighted by Gasteiger charge is -2.13. The van der Waals surface area contributed by atoms with Crippen molar-refractivity contribution < 1.29 is 0 Å². The average molecular weight is 252 g/mol. The molecule has 1 aromatic heterocycles. The highest BCUT2D eigenvalue weighted by molar-refractivity contribution is 5.85. The first-order chi connectivity index (χ1) is 9.42. The highest BCUT2D eigenvalue weighted by Gasteiger charge is 2.17. The summed E-state index contributed by atoms with van der Waals surface area (Å²) < 4.78 is 2.40. The van der Waals surface area contributed by atoms with E-state index in [0.29, 0.717) is 6.42 Å². The number of hydrogen-bond acceptors (Lipinski definition) is 1. The Hall–Kier alpha value is -1.75. The molecule has 0 aliphatic heterocycles. The zero-order chi connectivity index (χ0) is 13.1. The van der Waals surface area contributed by atoms with Gasteiger partial charge in [0.05, 0.1) is 12.5 Å². The molecule has 1 aromatic carbocycles. The van der Waals surface area contributed by atoms with Crippen LogP contribution in [0.4, 0.5) is 0 Å². The van der Waals surface area contributed by atoms with Crippen molar-refractivity contribution in [1.29, 1.82) is 5.26 Å². The smallest absolute Gasteiger partial charge is 0.0640 e. The maximum Gasteiger partial charge on any atom is 0.0640 e. The molecule has 0 N–H and O–H groups in total. The molecule has 1 heterocycles. The highest BCUT2D eigenvalue weighted by atomic mass is 15.0. The first-order valence-electron chi connectivity index (χ1n) is 7.38. The predicted molar refractivity (Wildman–Crippen MR) is 78.0 cm³/mol. The summed E-state index contributed by atoms with van der Waals surface area (Å²) >= 11 is 0. The van der Waals surface area contributed by atoms with Gasteiger partial charge in [-0.05, 0) is 37.3 Å². The number of rotatable bonds is 2. The van der Waals surface area contributed by atoms with Crippen LogP contribution in [0.5, 0.6) is 0 Å². The fourth-order valence-corrected chi connectivity index (χ4v) is 3.36. The number of benzene rings is 1. The van der Waals surface area contributed by atoms with Gasteiger partial charge in [-0.2, -0.15) is 5.26 Å². The molecule has 0 spiro atoms. The third-order valence-corrected chi connectivity index (χ3v) is 4.23. The molecule has 0 amide bonds. The third-order valence-electron chi connectivity index (χ3n) is 4.23. The Kier molecular flexibility index (Phi) is 3.55. The normalized spacial score (nSPS) is 15.5. The van der Waals surface area contributed by atoms with Gasteiger partial charge in [-0.1, -0.05) is 31.0 Å². The van der Waals surface area contributed by atoms with Crippen LogP contribution in [0.25, 0.3) is 10.9 Å². The van der Waals surface area contributed by atoms with E-state index in [2.05, 4.69) is 34.9 Å². The number of nitrogens with zero attached hydrogens (tertiary/aromatic N) is 2. The number of hydrogen-bond donors (Lipinski definition) is 0. The summed E-state index contributed by atoms with van der Waals surface area (Å²) in [6, 6.07) is 11.0. The van der Waals surface area contributed by atoms with Crippen molar-refractivity contribution in [3.8, 4) is 6.07 Å². The zero-order valence-electron chi connectivity index (χ0n) is 11.4. The molecular weight excluding hydrogens is 232 g/mol. The predicted octanol–water partition coefficient (Wildman–Crippen LogP) is 4.21. The molecule has 3 rings (SSSR count). The molecule has 1 aliphatic rings. The lowest BCUT2D eigenvalue weighted by molar-refractivity contribution is 0.588. The van der Waals surface area contributed by atoms with Gasteiger partial charge in [0.2, 0.25) is 0 Å². The van der Waals surface area contributed by atoms with E-state index in [0.717, 1.165) is 6.54 Å². The molecule has 0 radical (unpaired) electrons. The van der Waals surface area contributed by atoms with Crippen LogP contribution in [0, 0.1) is 11.3 Å². The Morgan fingerprint density at radius 3 is 2.68 bits per heavy atom. The monoisotopic (exact) mass is 252 g/mol. The van der Waals surface area contributed by atoms with Crippen LogP contribution in [0.3, 0.4) is 0 Å². The van der Waals surface area contributed by atoms with E-state index < -0.39 is 0 Å². The molecule has 0 saturated heterocycles. The summed E-state index contributed by atoms with van der Waals surface area (Å²) in [4.78, 5) is 0. The maximum absolute atomic E-state index is 8.88. The quantitative estimate of drug-likeness (QED) is 0.787. The molecule has 0 unspecified atom stereocenters. The maximum atomic E-state index is 8.88. The lowest BCUT2D eigenvalue weighted by atomic mass is 9.97. The number of para-hydroxylation sites is 1. The van der Waals surface area contributed by atoms with Crippen molar-refractivity contribution in [3.63, 3.8) is 0 Å². The highest BCUT2D eigenvalue weighted by Crippen LogP contribution is 2.31. The molecule has 2 aromatic rings. The van der Waals surface area contributed by atoms with Gasteiger partial charge in [-0.25, -0.2) is 0 Å². The SMILES string of the molecule is N#CCCn1c2c(c3ccccc31)CCCCCC2. The molecule has 0 saturated carbocycles.